The van der Waals surface area contributed by atoms with E-state index in [-0.39, 0.29) is 5.92 Å². The van der Waals surface area contributed by atoms with Gasteiger partial charge in [-0.15, -0.1) is 0 Å². The lowest BCUT2D eigenvalue weighted by Crippen LogP contribution is -2.06. The van der Waals surface area contributed by atoms with Crippen molar-refractivity contribution in [3.63, 3.8) is 0 Å². The first-order valence-electron chi connectivity index (χ1n) is 7.41. The summed E-state index contributed by atoms with van der Waals surface area (Å²) in [5, 5.41) is 0. The van der Waals surface area contributed by atoms with Crippen LogP contribution in [0.15, 0.2) is 72.8 Å². The molecule has 0 saturated heterocycles. The van der Waals surface area contributed by atoms with Crippen molar-refractivity contribution in [2.75, 3.05) is 0 Å². The quantitative estimate of drug-likeness (QED) is 0.413. The molecule has 0 fully saturated rings. The number of hydrogen-bond donors (Lipinski definition) is 0. The van der Waals surface area contributed by atoms with E-state index in [2.05, 4.69) is 24.3 Å². The van der Waals surface area contributed by atoms with E-state index in [0.29, 0.717) is 0 Å². The molecule has 0 nitrogen and oxygen atoms in total. The summed E-state index contributed by atoms with van der Waals surface area (Å²) in [6.45, 7) is 0. The van der Waals surface area contributed by atoms with E-state index in [1.54, 1.807) is 12.1 Å². The van der Waals surface area contributed by atoms with Crippen molar-refractivity contribution in [3.8, 4) is 11.1 Å². The summed E-state index contributed by atoms with van der Waals surface area (Å²) in [6, 6.07) is 21.7. The predicted molar refractivity (Wildman–Crippen MR) is 84.3 cm³/mol. The molecule has 23 heavy (non-hydrogen) atoms. The van der Waals surface area contributed by atoms with Gasteiger partial charge >= 0.3 is 6.18 Å². The van der Waals surface area contributed by atoms with Crippen molar-refractivity contribution in [1.29, 1.82) is 0 Å². The zero-order valence-corrected chi connectivity index (χ0v) is 12.1. The molecule has 0 N–H and O–H groups in total. The molecule has 0 atom stereocenters. The lowest BCUT2D eigenvalue weighted by Gasteiger charge is -2.15. The Morgan fingerprint density at radius 1 is 0.609 bits per heavy atom. The Morgan fingerprint density at radius 2 is 1.09 bits per heavy atom. The highest BCUT2D eigenvalue weighted by Crippen LogP contribution is 2.47. The van der Waals surface area contributed by atoms with Crippen LogP contribution in [0.2, 0.25) is 0 Å². The van der Waals surface area contributed by atoms with E-state index in [1.165, 1.54) is 12.1 Å². The van der Waals surface area contributed by atoms with E-state index in [4.69, 9.17) is 0 Å². The highest BCUT2D eigenvalue weighted by atomic mass is 19.4. The fraction of sp³-hybridized carbons (Fsp3) is 0.100. The molecular weight excluding hydrogens is 297 g/mol. The van der Waals surface area contributed by atoms with Crippen LogP contribution in [-0.4, -0.2) is 0 Å². The van der Waals surface area contributed by atoms with Gasteiger partial charge < -0.3 is 0 Å². The van der Waals surface area contributed by atoms with Crippen LogP contribution < -0.4 is 0 Å². The van der Waals surface area contributed by atoms with Gasteiger partial charge in [0.1, 0.15) is 0 Å². The zero-order valence-electron chi connectivity index (χ0n) is 12.1. The van der Waals surface area contributed by atoms with Crippen LogP contribution in [0.3, 0.4) is 0 Å². The first kappa shape index (κ1) is 14.1. The molecule has 1 aliphatic rings. The smallest absolute Gasteiger partial charge is 0.166 e. The van der Waals surface area contributed by atoms with Gasteiger partial charge in [-0.2, -0.15) is 13.2 Å². The Bertz CT molecular complexity index is 815. The average Bonchev–Trinajstić information content (AvgIpc) is 2.89. The summed E-state index contributed by atoms with van der Waals surface area (Å²) < 4.78 is 38.3. The number of hydrogen-bond acceptors (Lipinski definition) is 0. The van der Waals surface area contributed by atoms with E-state index in [9.17, 15) is 13.2 Å². The number of fused-ring (bicyclic) bond motifs is 3. The molecule has 4 rings (SSSR count). The summed E-state index contributed by atoms with van der Waals surface area (Å²) in [5.74, 6) is -0.00955. The fourth-order valence-electron chi connectivity index (χ4n) is 3.38. The third-order valence-corrected chi connectivity index (χ3v) is 4.41. The van der Waals surface area contributed by atoms with Crippen molar-refractivity contribution in [3.05, 3.63) is 95.1 Å². The van der Waals surface area contributed by atoms with Crippen LogP contribution in [0.5, 0.6) is 0 Å². The van der Waals surface area contributed by atoms with Gasteiger partial charge in [-0.3, -0.25) is 0 Å². The molecule has 3 aromatic rings. The minimum Gasteiger partial charge on any atom is -0.166 e. The maximum atomic E-state index is 12.8. The molecule has 1 aliphatic carbocycles. The number of rotatable bonds is 1. The molecule has 0 heterocycles. The maximum Gasteiger partial charge on any atom is 0.416 e. The van der Waals surface area contributed by atoms with Crippen LogP contribution in [0.25, 0.3) is 11.1 Å². The second-order valence-corrected chi connectivity index (χ2v) is 5.73. The highest BCUT2D eigenvalue weighted by molar-refractivity contribution is 5.80. The normalized spacial score (nSPS) is 13.7. The first-order valence-corrected chi connectivity index (χ1v) is 7.41. The Balaban J connectivity index is 1.86. The Morgan fingerprint density at radius 3 is 1.57 bits per heavy atom. The molecule has 3 heteroatoms. The second kappa shape index (κ2) is 4.98. The van der Waals surface area contributed by atoms with Crippen molar-refractivity contribution < 1.29 is 13.2 Å². The second-order valence-electron chi connectivity index (χ2n) is 5.73. The fourth-order valence-corrected chi connectivity index (χ4v) is 3.38. The monoisotopic (exact) mass is 310 g/mol. The Labute approximate surface area is 132 Å². The summed E-state index contributed by atoms with van der Waals surface area (Å²) in [4.78, 5) is 0. The van der Waals surface area contributed by atoms with Crippen molar-refractivity contribution in [2.45, 2.75) is 12.1 Å². The minimum absolute atomic E-state index is 0.00955. The molecule has 0 aliphatic heterocycles. The van der Waals surface area contributed by atoms with Gasteiger partial charge in [-0.25, -0.2) is 0 Å². The van der Waals surface area contributed by atoms with E-state index >= 15 is 0 Å². The van der Waals surface area contributed by atoms with Crippen LogP contribution in [0, 0.1) is 0 Å². The van der Waals surface area contributed by atoms with Crippen LogP contribution in [0.1, 0.15) is 28.2 Å². The van der Waals surface area contributed by atoms with Gasteiger partial charge in [0.2, 0.25) is 0 Å². The molecule has 0 saturated carbocycles. The van der Waals surface area contributed by atoms with Crippen LogP contribution in [0.4, 0.5) is 13.2 Å². The molecule has 0 unspecified atom stereocenters. The van der Waals surface area contributed by atoms with Crippen molar-refractivity contribution >= 4 is 0 Å². The summed E-state index contributed by atoms with van der Waals surface area (Å²) in [5.41, 5.74) is 4.89. The number of benzene rings is 3. The minimum atomic E-state index is -4.30. The third-order valence-electron chi connectivity index (χ3n) is 4.41. The molecule has 0 radical (unpaired) electrons. The highest BCUT2D eigenvalue weighted by Gasteiger charge is 2.32. The first-order chi connectivity index (χ1) is 11.1. The number of alkyl halides is 3. The lowest BCUT2D eigenvalue weighted by molar-refractivity contribution is -0.137. The van der Waals surface area contributed by atoms with Crippen LogP contribution >= 0.6 is 0 Å². The Kier molecular flexibility index (Phi) is 3.05. The molecule has 114 valence electrons. The summed E-state index contributed by atoms with van der Waals surface area (Å²) >= 11 is 0. The third kappa shape index (κ3) is 2.24. The van der Waals surface area contributed by atoms with Gasteiger partial charge in [0, 0.05) is 5.92 Å². The molecule has 0 amide bonds. The van der Waals surface area contributed by atoms with Gasteiger partial charge in [-0.05, 0) is 39.9 Å². The molecule has 0 spiro atoms. The van der Waals surface area contributed by atoms with Crippen molar-refractivity contribution in [1.82, 2.24) is 0 Å². The topological polar surface area (TPSA) is 0 Å². The zero-order chi connectivity index (χ0) is 16.0. The molecule has 3 aromatic carbocycles. The van der Waals surface area contributed by atoms with E-state index < -0.39 is 11.7 Å². The molecular formula is C20H13F3. The van der Waals surface area contributed by atoms with Gasteiger partial charge in [0.05, 0.1) is 5.56 Å². The molecule has 0 aromatic heterocycles. The average molecular weight is 310 g/mol. The predicted octanol–water partition coefficient (Wildman–Crippen LogP) is 5.87. The van der Waals surface area contributed by atoms with Gasteiger partial charge in [0.25, 0.3) is 0 Å². The summed E-state index contributed by atoms with van der Waals surface area (Å²) in [7, 11) is 0. The van der Waals surface area contributed by atoms with Crippen LogP contribution in [-0.2, 0) is 6.18 Å². The number of halogens is 3. The Hall–Kier alpha value is -2.55. The van der Waals surface area contributed by atoms with E-state index in [0.717, 1.165) is 27.8 Å². The van der Waals surface area contributed by atoms with Gasteiger partial charge in [-0.1, -0.05) is 60.7 Å². The van der Waals surface area contributed by atoms with Crippen molar-refractivity contribution in [2.24, 2.45) is 0 Å². The maximum absolute atomic E-state index is 12.8. The lowest BCUT2D eigenvalue weighted by atomic mass is 9.89. The standard InChI is InChI=1S/C20H13F3/c21-20(22,23)14-11-9-13(10-12-14)19-17-7-3-1-5-15(17)16-6-2-4-8-18(16)19/h1-12,19H. The van der Waals surface area contributed by atoms with Gasteiger partial charge in [0.15, 0.2) is 0 Å². The molecule has 0 bridgehead atoms. The SMILES string of the molecule is FC(F)(F)c1ccc(C2c3ccccc3-c3ccccc32)cc1. The summed E-state index contributed by atoms with van der Waals surface area (Å²) in [6.07, 6.45) is -4.30. The largest absolute Gasteiger partial charge is 0.416 e. The van der Waals surface area contributed by atoms with E-state index in [1.807, 2.05) is 24.3 Å².